The van der Waals surface area contributed by atoms with Crippen LogP contribution in [0.15, 0.2) is 48.5 Å². The molecule has 5 heteroatoms. The minimum Gasteiger partial charge on any atom is -0.483 e. The van der Waals surface area contributed by atoms with Crippen LogP contribution < -0.4 is 10.1 Å². The SMILES string of the molecule is CC[C@@H](C)NC(=O)[C@H](C)N(Cc1ccc(C)cc1)C(=O)COc1ccccc1C(C)C. The number of para-hydroxylation sites is 1. The third-order valence-electron chi connectivity index (χ3n) is 5.53. The smallest absolute Gasteiger partial charge is 0.261 e. The number of carbonyl (C=O) groups is 2. The molecule has 0 saturated carbocycles. The van der Waals surface area contributed by atoms with Gasteiger partial charge in [0, 0.05) is 12.6 Å². The fraction of sp³-hybridized carbons (Fsp3) is 0.462. The number of hydrogen-bond acceptors (Lipinski definition) is 3. The molecular formula is C26H36N2O3. The Hall–Kier alpha value is -2.82. The molecule has 5 nitrogen and oxygen atoms in total. The molecule has 168 valence electrons. The first-order valence-electron chi connectivity index (χ1n) is 11.1. The summed E-state index contributed by atoms with van der Waals surface area (Å²) in [6.45, 7) is 12.2. The minimum absolute atomic E-state index is 0.0560. The van der Waals surface area contributed by atoms with Gasteiger partial charge in [0.2, 0.25) is 5.91 Å². The van der Waals surface area contributed by atoms with Gasteiger partial charge >= 0.3 is 0 Å². The molecule has 1 N–H and O–H groups in total. The van der Waals surface area contributed by atoms with Gasteiger partial charge in [0.05, 0.1) is 0 Å². The quantitative estimate of drug-likeness (QED) is 0.594. The summed E-state index contributed by atoms with van der Waals surface area (Å²) in [6.07, 6.45) is 0.833. The number of rotatable bonds is 10. The summed E-state index contributed by atoms with van der Waals surface area (Å²) in [5.74, 6) is 0.622. The van der Waals surface area contributed by atoms with Gasteiger partial charge in [-0.3, -0.25) is 9.59 Å². The lowest BCUT2D eigenvalue weighted by Crippen LogP contribution is -2.50. The average Bonchev–Trinajstić information content (AvgIpc) is 2.76. The summed E-state index contributed by atoms with van der Waals surface area (Å²) >= 11 is 0. The van der Waals surface area contributed by atoms with Gasteiger partial charge in [-0.2, -0.15) is 0 Å². The van der Waals surface area contributed by atoms with E-state index in [1.165, 1.54) is 0 Å². The fourth-order valence-corrected chi connectivity index (χ4v) is 3.25. The van der Waals surface area contributed by atoms with Crippen molar-refractivity contribution >= 4 is 11.8 Å². The van der Waals surface area contributed by atoms with E-state index in [4.69, 9.17) is 4.74 Å². The molecule has 2 atom stereocenters. The van der Waals surface area contributed by atoms with Gasteiger partial charge in [-0.15, -0.1) is 0 Å². The van der Waals surface area contributed by atoms with Gasteiger partial charge in [0.25, 0.3) is 5.91 Å². The average molecular weight is 425 g/mol. The maximum absolute atomic E-state index is 13.2. The van der Waals surface area contributed by atoms with Crippen LogP contribution in [0.25, 0.3) is 0 Å². The van der Waals surface area contributed by atoms with Crippen LogP contribution in [-0.2, 0) is 16.1 Å². The number of nitrogens with one attached hydrogen (secondary N) is 1. The maximum Gasteiger partial charge on any atom is 0.261 e. The molecule has 2 rings (SSSR count). The highest BCUT2D eigenvalue weighted by Crippen LogP contribution is 2.26. The Labute approximate surface area is 186 Å². The van der Waals surface area contributed by atoms with E-state index < -0.39 is 6.04 Å². The summed E-state index contributed by atoms with van der Waals surface area (Å²) < 4.78 is 5.91. The van der Waals surface area contributed by atoms with Crippen LogP contribution in [0, 0.1) is 6.92 Å². The number of aryl methyl sites for hydroxylation is 1. The first-order chi connectivity index (χ1) is 14.7. The number of amides is 2. The van der Waals surface area contributed by atoms with E-state index in [2.05, 4.69) is 19.2 Å². The first-order valence-corrected chi connectivity index (χ1v) is 11.1. The Morgan fingerprint density at radius 3 is 2.26 bits per heavy atom. The predicted octanol–water partition coefficient (Wildman–Crippen LogP) is 4.83. The van der Waals surface area contributed by atoms with Crippen LogP contribution in [0.5, 0.6) is 5.75 Å². The number of ether oxygens (including phenoxy) is 1. The van der Waals surface area contributed by atoms with Crippen LogP contribution in [0.3, 0.4) is 0 Å². The number of hydrogen-bond donors (Lipinski definition) is 1. The van der Waals surface area contributed by atoms with E-state index in [0.29, 0.717) is 12.3 Å². The molecule has 0 aliphatic rings. The van der Waals surface area contributed by atoms with Gasteiger partial charge in [0.15, 0.2) is 6.61 Å². The zero-order valence-corrected chi connectivity index (χ0v) is 19.6. The minimum atomic E-state index is -0.605. The van der Waals surface area contributed by atoms with Crippen LogP contribution in [-0.4, -0.2) is 35.4 Å². The van der Waals surface area contributed by atoms with E-state index in [9.17, 15) is 9.59 Å². The normalized spacial score (nSPS) is 12.9. The molecule has 0 aliphatic carbocycles. The van der Waals surface area contributed by atoms with Gasteiger partial charge in [-0.05, 0) is 50.3 Å². The van der Waals surface area contributed by atoms with Crippen LogP contribution in [0.2, 0.25) is 0 Å². The van der Waals surface area contributed by atoms with Crippen molar-refractivity contribution in [2.75, 3.05) is 6.61 Å². The lowest BCUT2D eigenvalue weighted by atomic mass is 10.0. The largest absolute Gasteiger partial charge is 0.483 e. The van der Waals surface area contributed by atoms with E-state index >= 15 is 0 Å². The van der Waals surface area contributed by atoms with Crippen molar-refractivity contribution in [1.82, 2.24) is 10.2 Å². The summed E-state index contributed by atoms with van der Waals surface area (Å²) in [7, 11) is 0. The van der Waals surface area contributed by atoms with Crippen molar-refractivity contribution in [3.63, 3.8) is 0 Å². The van der Waals surface area contributed by atoms with Crippen molar-refractivity contribution in [3.05, 3.63) is 65.2 Å². The summed E-state index contributed by atoms with van der Waals surface area (Å²) in [4.78, 5) is 27.6. The van der Waals surface area contributed by atoms with Crippen LogP contribution in [0.4, 0.5) is 0 Å². The van der Waals surface area contributed by atoms with E-state index in [-0.39, 0.29) is 30.4 Å². The molecule has 0 unspecified atom stereocenters. The molecule has 0 aromatic heterocycles. The second-order valence-corrected chi connectivity index (χ2v) is 8.48. The Bertz CT molecular complexity index is 861. The van der Waals surface area contributed by atoms with Gasteiger partial charge in [-0.25, -0.2) is 0 Å². The van der Waals surface area contributed by atoms with Crippen molar-refractivity contribution in [2.24, 2.45) is 0 Å². The zero-order valence-electron chi connectivity index (χ0n) is 19.6. The molecule has 0 spiro atoms. The molecule has 2 aromatic rings. The molecule has 2 aromatic carbocycles. The third-order valence-corrected chi connectivity index (χ3v) is 5.53. The molecule has 31 heavy (non-hydrogen) atoms. The number of benzene rings is 2. The Morgan fingerprint density at radius 2 is 1.65 bits per heavy atom. The topological polar surface area (TPSA) is 58.6 Å². The number of carbonyl (C=O) groups excluding carboxylic acids is 2. The summed E-state index contributed by atoms with van der Waals surface area (Å²) in [6, 6.07) is 15.2. The van der Waals surface area contributed by atoms with E-state index in [1.807, 2.05) is 69.3 Å². The molecule has 0 bridgehead atoms. The highest BCUT2D eigenvalue weighted by molar-refractivity contribution is 5.88. The zero-order chi connectivity index (χ0) is 23.0. The Kier molecular flexibility index (Phi) is 9.10. The lowest BCUT2D eigenvalue weighted by Gasteiger charge is -2.30. The van der Waals surface area contributed by atoms with E-state index in [0.717, 1.165) is 23.1 Å². The van der Waals surface area contributed by atoms with Gasteiger partial charge in [-0.1, -0.05) is 68.8 Å². The highest BCUT2D eigenvalue weighted by atomic mass is 16.5. The van der Waals surface area contributed by atoms with E-state index in [1.54, 1.807) is 11.8 Å². The molecule has 0 heterocycles. The first kappa shape index (κ1) is 24.4. The molecule has 0 fully saturated rings. The standard InChI is InChI=1S/C26H36N2O3/c1-7-20(5)27-26(30)21(6)28(16-22-14-12-19(4)13-15-22)25(29)17-31-24-11-9-8-10-23(24)18(2)3/h8-15,18,20-21H,7,16-17H2,1-6H3,(H,27,30)/t20-,21+/m1/s1. The highest BCUT2D eigenvalue weighted by Gasteiger charge is 2.27. The van der Waals surface area contributed by atoms with Crippen molar-refractivity contribution < 1.29 is 14.3 Å². The van der Waals surface area contributed by atoms with Gasteiger partial charge in [0.1, 0.15) is 11.8 Å². The second kappa shape index (κ2) is 11.5. The molecule has 2 amide bonds. The maximum atomic E-state index is 13.2. The van der Waals surface area contributed by atoms with Crippen LogP contribution in [0.1, 0.15) is 63.6 Å². The van der Waals surface area contributed by atoms with Gasteiger partial charge < -0.3 is 15.0 Å². The molecule has 0 aliphatic heterocycles. The molecular weight excluding hydrogens is 388 g/mol. The van der Waals surface area contributed by atoms with Crippen molar-refractivity contribution in [3.8, 4) is 5.75 Å². The van der Waals surface area contributed by atoms with Crippen LogP contribution >= 0.6 is 0 Å². The van der Waals surface area contributed by atoms with Crippen molar-refractivity contribution in [2.45, 2.75) is 72.5 Å². The number of nitrogens with zero attached hydrogens (tertiary/aromatic N) is 1. The summed E-state index contributed by atoms with van der Waals surface area (Å²) in [5, 5.41) is 2.98. The monoisotopic (exact) mass is 424 g/mol. The molecule has 0 saturated heterocycles. The Balaban J connectivity index is 2.19. The fourth-order valence-electron chi connectivity index (χ4n) is 3.25. The third kappa shape index (κ3) is 7.12. The lowest BCUT2D eigenvalue weighted by molar-refractivity contribution is -0.142. The predicted molar refractivity (Wildman–Crippen MR) is 125 cm³/mol. The van der Waals surface area contributed by atoms with Crippen molar-refractivity contribution in [1.29, 1.82) is 0 Å². The molecule has 0 radical (unpaired) electrons. The second-order valence-electron chi connectivity index (χ2n) is 8.48. The summed E-state index contributed by atoms with van der Waals surface area (Å²) in [5.41, 5.74) is 3.19. The Morgan fingerprint density at radius 1 is 1.00 bits per heavy atom.